The van der Waals surface area contributed by atoms with Crippen molar-refractivity contribution in [1.82, 2.24) is 69.6 Å². The van der Waals surface area contributed by atoms with Gasteiger partial charge in [0.2, 0.25) is 20.9 Å². The summed E-state index contributed by atoms with van der Waals surface area (Å²) >= 11 is 0. The van der Waals surface area contributed by atoms with Crippen LogP contribution in [0.5, 0.6) is 0 Å². The number of hydrogen-bond acceptors (Lipinski definition) is 22. The number of fused-ring (bicyclic) bond motifs is 2. The number of aryl methyl sites for hydroxylation is 6. The number of benzene rings is 2. The molecule has 2 unspecified atom stereocenters. The lowest BCUT2D eigenvalue weighted by Gasteiger charge is -2.37. The fraction of sp³-hybridized carbons (Fsp3) is 0.437. The topological polar surface area (TPSA) is 315 Å². The van der Waals surface area contributed by atoms with Gasteiger partial charge in [0.05, 0.1) is 45.3 Å². The number of piperidine rings is 2. The van der Waals surface area contributed by atoms with E-state index < -0.39 is 9.84 Å². The maximum atomic E-state index is 13.1. The molecule has 514 valence electrons. The van der Waals surface area contributed by atoms with Crippen LogP contribution in [0.15, 0.2) is 112 Å². The summed E-state index contributed by atoms with van der Waals surface area (Å²) < 4.78 is 61.8. The normalized spacial score (nSPS) is 19.7. The molecule has 12 heterocycles. The van der Waals surface area contributed by atoms with Gasteiger partial charge in [-0.05, 0) is 166 Å². The second-order valence-electron chi connectivity index (χ2n) is 25.8. The van der Waals surface area contributed by atoms with Crippen LogP contribution in [0, 0.1) is 41.5 Å². The summed E-state index contributed by atoms with van der Waals surface area (Å²) in [6.45, 7) is 18.4. The Kier molecular flexibility index (Phi) is 21.0. The molecular formula is C71H84N16O10S. The largest absolute Gasteiger partial charge is 0.445 e. The van der Waals surface area contributed by atoms with Gasteiger partial charge in [-0.25, -0.2) is 57.3 Å². The first-order valence-corrected chi connectivity index (χ1v) is 35.4. The highest BCUT2D eigenvalue weighted by Crippen LogP contribution is 2.38. The maximum absolute atomic E-state index is 13.1. The third-order valence-corrected chi connectivity index (χ3v) is 19.1. The van der Waals surface area contributed by atoms with Crippen molar-refractivity contribution in [2.45, 2.75) is 175 Å². The average Bonchev–Trinajstić information content (AvgIpc) is 1.60. The molecule has 10 aromatic rings. The molecule has 98 heavy (non-hydrogen) atoms. The number of carbonyl (C=O) groups excluding carboxylic acids is 2. The van der Waals surface area contributed by atoms with E-state index in [1.807, 2.05) is 144 Å². The van der Waals surface area contributed by atoms with Crippen molar-refractivity contribution in [1.29, 1.82) is 0 Å². The number of amides is 2. The number of hydrogen-bond donors (Lipinski definition) is 2. The van der Waals surface area contributed by atoms with Gasteiger partial charge in [-0.1, -0.05) is 71.0 Å². The number of pyridine rings is 2. The average molecular weight is 1350 g/mol. The Morgan fingerprint density at radius 3 is 1.52 bits per heavy atom. The first-order chi connectivity index (χ1) is 47.3. The molecule has 2 aromatic carbocycles. The fourth-order valence-corrected chi connectivity index (χ4v) is 13.3. The number of rotatable bonds is 13. The number of ether oxygens (including phenoxy) is 4. The van der Waals surface area contributed by atoms with Gasteiger partial charge in [0.25, 0.3) is 0 Å². The Balaban J connectivity index is 0.000000155. The van der Waals surface area contributed by atoms with E-state index in [4.69, 9.17) is 58.9 Å². The Hall–Kier alpha value is -9.57. The van der Waals surface area contributed by atoms with Crippen molar-refractivity contribution in [2.75, 3.05) is 37.9 Å². The Morgan fingerprint density at radius 1 is 0.571 bits per heavy atom. The summed E-state index contributed by atoms with van der Waals surface area (Å²) in [4.78, 5) is 56.5. The first kappa shape index (κ1) is 68.4. The summed E-state index contributed by atoms with van der Waals surface area (Å²) in [5.74, 6) is 1.89. The van der Waals surface area contributed by atoms with Crippen LogP contribution in [0.3, 0.4) is 0 Å². The molecular weight excluding hydrogens is 1270 g/mol. The van der Waals surface area contributed by atoms with E-state index in [9.17, 15) is 18.0 Å². The lowest BCUT2D eigenvalue weighted by atomic mass is 10.00. The molecule has 0 radical (unpaired) electrons. The van der Waals surface area contributed by atoms with Gasteiger partial charge in [-0.2, -0.15) is 10.2 Å². The van der Waals surface area contributed by atoms with Gasteiger partial charge in [0.15, 0.2) is 23.8 Å². The number of nitrogens with zero attached hydrogens (tertiary/aromatic N) is 14. The van der Waals surface area contributed by atoms with E-state index in [-0.39, 0.29) is 60.6 Å². The molecule has 26 nitrogen and oxygen atoms in total. The van der Waals surface area contributed by atoms with Crippen LogP contribution in [0.2, 0.25) is 0 Å². The molecule has 8 aromatic heterocycles. The lowest BCUT2D eigenvalue weighted by Crippen LogP contribution is -2.50. The smallest absolute Gasteiger partial charge is 0.410 e. The van der Waals surface area contributed by atoms with Crippen LogP contribution in [0.1, 0.15) is 136 Å². The second-order valence-corrected chi connectivity index (χ2v) is 27.7. The first-order valence-electron chi connectivity index (χ1n) is 33.5. The highest BCUT2D eigenvalue weighted by molar-refractivity contribution is 7.90. The summed E-state index contributed by atoms with van der Waals surface area (Å²) in [7, 11) is -3.58. The zero-order chi connectivity index (χ0) is 68.8. The van der Waals surface area contributed by atoms with Crippen molar-refractivity contribution in [2.24, 2.45) is 5.73 Å². The summed E-state index contributed by atoms with van der Waals surface area (Å²) in [5.41, 5.74) is 18.0. The molecule has 2 amide bonds. The second kappa shape index (κ2) is 30.0. The zero-order valence-electron chi connectivity index (χ0n) is 56.8. The van der Waals surface area contributed by atoms with Crippen LogP contribution in [-0.2, 0) is 42.0 Å². The number of nitrogens with one attached hydrogen (secondary N) is 1. The third kappa shape index (κ3) is 15.4. The van der Waals surface area contributed by atoms with Crippen molar-refractivity contribution < 1.29 is 46.0 Å². The molecule has 4 fully saturated rings. The minimum absolute atomic E-state index is 0.0322. The van der Waals surface area contributed by atoms with E-state index in [0.29, 0.717) is 67.2 Å². The summed E-state index contributed by atoms with van der Waals surface area (Å²) in [5, 5.41) is 23.0. The highest BCUT2D eigenvalue weighted by atomic mass is 32.2. The van der Waals surface area contributed by atoms with Gasteiger partial charge < -0.3 is 48.8 Å². The maximum Gasteiger partial charge on any atom is 0.410 e. The van der Waals surface area contributed by atoms with E-state index in [1.165, 1.54) is 6.20 Å². The van der Waals surface area contributed by atoms with Gasteiger partial charge in [0, 0.05) is 79.9 Å². The van der Waals surface area contributed by atoms with Gasteiger partial charge in [-0.3, -0.25) is 0 Å². The molecule has 0 bridgehead atoms. The number of nitrogens with two attached hydrogens (primary N) is 1. The lowest BCUT2D eigenvalue weighted by molar-refractivity contribution is -0.0369. The van der Waals surface area contributed by atoms with Crippen molar-refractivity contribution in [3.05, 3.63) is 142 Å². The minimum atomic E-state index is -3.58. The third-order valence-electron chi connectivity index (χ3n) is 18.3. The van der Waals surface area contributed by atoms with Crippen LogP contribution in [0.25, 0.3) is 67.4 Å². The molecule has 14 rings (SSSR count). The quantitative estimate of drug-likeness (QED) is 0.101. The van der Waals surface area contributed by atoms with Crippen molar-refractivity contribution >= 4 is 50.0 Å². The Labute approximate surface area is 569 Å². The van der Waals surface area contributed by atoms with Crippen molar-refractivity contribution in [3.63, 3.8) is 0 Å². The van der Waals surface area contributed by atoms with Crippen LogP contribution < -0.4 is 11.1 Å². The molecule has 6 atom stereocenters. The van der Waals surface area contributed by atoms with E-state index in [0.717, 1.165) is 155 Å². The van der Waals surface area contributed by atoms with Gasteiger partial charge >= 0.3 is 12.2 Å². The molecule has 0 aliphatic carbocycles. The molecule has 4 saturated heterocycles. The van der Waals surface area contributed by atoms with Crippen molar-refractivity contribution in [3.8, 4) is 45.3 Å². The zero-order valence-corrected chi connectivity index (χ0v) is 57.7. The SMILES string of the molecule is C[C@H]1CC[C@H](N)CN1C(=O)OCc1ccccc1.Cc1cnc(N[C@H]2CC[C@H](C)N(C(=O)OCc3ccccc3)C2)nc1-c1nn(C2CCCCO2)c2nc(-c3c(C)noc3C)ccc12.Cc1cnc(S(C)(=O)=O)nc1-c1nn(C2CCCCO2)c2nc(-c3c(C)noc3C)ccc12. The Bertz CT molecular complexity index is 4530. The van der Waals surface area contributed by atoms with Gasteiger partial charge in [-0.15, -0.1) is 0 Å². The molecule has 4 aliphatic rings. The van der Waals surface area contributed by atoms with E-state index in [2.05, 4.69) is 37.5 Å². The summed E-state index contributed by atoms with van der Waals surface area (Å²) in [6, 6.07) is 27.6. The molecule has 4 aliphatic heterocycles. The van der Waals surface area contributed by atoms with E-state index >= 15 is 0 Å². The predicted octanol–water partition coefficient (Wildman–Crippen LogP) is 12.5. The number of likely N-dealkylation sites (tertiary alicyclic amines) is 2. The molecule has 0 spiro atoms. The number of carbonyl (C=O) groups is 2. The fourth-order valence-electron chi connectivity index (χ4n) is 12.8. The molecule has 3 N–H and O–H groups in total. The molecule has 0 saturated carbocycles. The Morgan fingerprint density at radius 2 is 1.05 bits per heavy atom. The van der Waals surface area contributed by atoms with Gasteiger partial charge in [0.1, 0.15) is 36.1 Å². The number of sulfone groups is 1. The van der Waals surface area contributed by atoms with Crippen LogP contribution >= 0.6 is 0 Å². The number of aromatic nitrogens is 12. The summed E-state index contributed by atoms with van der Waals surface area (Å²) in [6.07, 6.45) is 12.8. The minimum Gasteiger partial charge on any atom is -0.445 e. The van der Waals surface area contributed by atoms with Crippen LogP contribution in [0.4, 0.5) is 15.5 Å². The van der Waals surface area contributed by atoms with Crippen LogP contribution in [-0.4, -0.2) is 147 Å². The standard InChI is InChI=1S/C35H40N8O4.C22H24N6O4S.C14H20N2O2/c1-21-18-36-34(37-26-14-13-22(2)42(19-26)35(44)46-20-25-10-6-5-7-11-25)39-31(21)32-27-15-16-28(30-23(3)41-47-24(30)4)38-33(27)43(40-32)29-12-8-9-17-45-29;1-12-11-23-22(33(4,29)30)25-19(12)20-15-8-9-16(18-13(2)27-32-14(18)3)24-21(15)28(26-20)17-7-5-6-10-31-17;1-11-7-8-13(15)9-16(11)14(17)18-10-12-5-3-2-4-6-12/h5-7,10-11,15-16,18,22,26,29H,8-9,12-14,17,19-20H2,1-4H3,(H,36,37,39);8-9,11,17H,5-7,10H2,1-4H3;2-6,11,13H,7-10,15H2,1H3/t22-,26-,29?;;11-,13-/m0.0/s1. The predicted molar refractivity (Wildman–Crippen MR) is 367 cm³/mol. The number of anilines is 1. The van der Waals surface area contributed by atoms with E-state index in [1.54, 1.807) is 14.5 Å². The monoisotopic (exact) mass is 1350 g/mol. The highest BCUT2D eigenvalue weighted by Gasteiger charge is 2.33. The molecule has 27 heteroatoms.